The molecule has 0 aliphatic heterocycles. The Kier molecular flexibility index (Phi) is 5.44. The summed E-state index contributed by atoms with van der Waals surface area (Å²) in [5.74, 6) is -1.76. The number of nitro groups is 1. The second-order valence-electron chi connectivity index (χ2n) is 5.98. The van der Waals surface area contributed by atoms with E-state index in [0.717, 1.165) is 29.7 Å². The second-order valence-corrected chi connectivity index (χ2v) is 5.98. The Morgan fingerprint density at radius 1 is 1.18 bits per heavy atom. The molecule has 0 aliphatic rings. The summed E-state index contributed by atoms with van der Waals surface area (Å²) in [7, 11) is 0. The largest absolute Gasteiger partial charge is 0.354 e. The van der Waals surface area contributed by atoms with E-state index in [9.17, 15) is 18.9 Å². The Morgan fingerprint density at radius 3 is 2.61 bits per heavy atom. The lowest BCUT2D eigenvalue weighted by atomic mass is 10.2. The van der Waals surface area contributed by atoms with Gasteiger partial charge in [-0.15, -0.1) is 0 Å². The summed E-state index contributed by atoms with van der Waals surface area (Å²) in [6.45, 7) is 4.16. The second kappa shape index (κ2) is 7.95. The Hall–Kier alpha value is -3.62. The number of anilines is 4. The van der Waals surface area contributed by atoms with Gasteiger partial charge in [0.2, 0.25) is 11.6 Å². The van der Waals surface area contributed by atoms with Crippen molar-refractivity contribution in [2.75, 3.05) is 16.8 Å². The highest BCUT2D eigenvalue weighted by Gasteiger charge is 2.28. The van der Waals surface area contributed by atoms with E-state index in [0.29, 0.717) is 12.6 Å². The quantitative estimate of drug-likeness (QED) is 0.481. The molecule has 1 aromatic heterocycles. The van der Waals surface area contributed by atoms with Crippen LogP contribution in [0.15, 0.2) is 48.8 Å². The van der Waals surface area contributed by atoms with Gasteiger partial charge in [-0.25, -0.2) is 18.7 Å². The molecule has 1 heterocycles. The van der Waals surface area contributed by atoms with Gasteiger partial charge >= 0.3 is 5.69 Å². The van der Waals surface area contributed by atoms with Gasteiger partial charge in [-0.3, -0.25) is 10.1 Å². The van der Waals surface area contributed by atoms with Crippen LogP contribution in [0.25, 0.3) is 0 Å². The van der Waals surface area contributed by atoms with Gasteiger partial charge in [-0.1, -0.05) is 12.1 Å². The summed E-state index contributed by atoms with van der Waals surface area (Å²) < 4.78 is 27.1. The molecule has 3 aromatic rings. The van der Waals surface area contributed by atoms with Crippen LogP contribution in [-0.4, -0.2) is 21.4 Å². The molecule has 3 rings (SSSR count). The fraction of sp³-hybridized carbons (Fsp3) is 0.158. The van der Waals surface area contributed by atoms with Crippen LogP contribution < -0.4 is 10.2 Å². The van der Waals surface area contributed by atoms with Crippen molar-refractivity contribution in [2.24, 2.45) is 0 Å². The topological polar surface area (TPSA) is 84.2 Å². The molecule has 0 amide bonds. The van der Waals surface area contributed by atoms with Crippen molar-refractivity contribution in [3.8, 4) is 0 Å². The minimum Gasteiger partial charge on any atom is -0.332 e. The summed E-state index contributed by atoms with van der Waals surface area (Å²) in [4.78, 5) is 20.8. The van der Waals surface area contributed by atoms with Crippen molar-refractivity contribution < 1.29 is 13.7 Å². The first-order valence-electron chi connectivity index (χ1n) is 8.46. The molecule has 0 fully saturated rings. The van der Waals surface area contributed by atoms with Crippen LogP contribution in [0, 0.1) is 28.7 Å². The van der Waals surface area contributed by atoms with Crippen molar-refractivity contribution in [2.45, 2.75) is 13.8 Å². The summed E-state index contributed by atoms with van der Waals surface area (Å²) in [5, 5.41) is 14.4. The highest BCUT2D eigenvalue weighted by atomic mass is 19.1. The molecule has 0 aliphatic carbocycles. The lowest BCUT2D eigenvalue weighted by Crippen LogP contribution is -2.20. The highest BCUT2D eigenvalue weighted by molar-refractivity contribution is 5.78. The molecule has 0 saturated heterocycles. The lowest BCUT2D eigenvalue weighted by Gasteiger charge is -2.22. The number of aryl methyl sites for hydroxylation is 1. The average molecular weight is 385 g/mol. The third kappa shape index (κ3) is 3.88. The van der Waals surface area contributed by atoms with E-state index in [1.807, 2.05) is 38.1 Å². The maximum Gasteiger partial charge on any atom is 0.354 e. The molecule has 2 aromatic carbocycles. The van der Waals surface area contributed by atoms with E-state index in [1.54, 1.807) is 4.90 Å². The maximum absolute atomic E-state index is 14.0. The molecule has 7 nitrogen and oxygen atoms in total. The predicted molar refractivity (Wildman–Crippen MR) is 102 cm³/mol. The van der Waals surface area contributed by atoms with Crippen LogP contribution in [0.4, 0.5) is 37.5 Å². The van der Waals surface area contributed by atoms with Crippen LogP contribution in [0.3, 0.4) is 0 Å². The molecule has 9 heteroatoms. The molecule has 0 saturated carbocycles. The van der Waals surface area contributed by atoms with E-state index in [1.165, 1.54) is 0 Å². The highest BCUT2D eigenvalue weighted by Crippen LogP contribution is 2.37. The van der Waals surface area contributed by atoms with Crippen molar-refractivity contribution in [3.63, 3.8) is 0 Å². The Labute approximate surface area is 159 Å². The van der Waals surface area contributed by atoms with E-state index < -0.39 is 22.2 Å². The van der Waals surface area contributed by atoms with E-state index in [4.69, 9.17) is 0 Å². The third-order valence-corrected chi connectivity index (χ3v) is 4.05. The summed E-state index contributed by atoms with van der Waals surface area (Å²) in [6.07, 6.45) is 1.16. The molecule has 0 spiro atoms. The van der Waals surface area contributed by atoms with Gasteiger partial charge in [0.15, 0.2) is 0 Å². The van der Waals surface area contributed by atoms with Gasteiger partial charge in [0.1, 0.15) is 18.0 Å². The van der Waals surface area contributed by atoms with Crippen LogP contribution in [0.1, 0.15) is 12.5 Å². The minimum atomic E-state index is -0.888. The summed E-state index contributed by atoms with van der Waals surface area (Å²) in [5.41, 5.74) is 1.17. The number of halogens is 2. The first-order valence-corrected chi connectivity index (χ1v) is 8.46. The van der Waals surface area contributed by atoms with Crippen molar-refractivity contribution >= 4 is 28.7 Å². The summed E-state index contributed by atoms with van der Waals surface area (Å²) >= 11 is 0. The van der Waals surface area contributed by atoms with E-state index in [2.05, 4.69) is 15.3 Å². The van der Waals surface area contributed by atoms with Crippen molar-refractivity contribution in [3.05, 3.63) is 76.1 Å². The Morgan fingerprint density at radius 2 is 1.96 bits per heavy atom. The van der Waals surface area contributed by atoms with Crippen LogP contribution in [-0.2, 0) is 0 Å². The predicted octanol–water partition coefficient (Wildman–Crippen LogP) is 4.87. The Balaban J connectivity index is 2.10. The van der Waals surface area contributed by atoms with Crippen LogP contribution in [0.2, 0.25) is 0 Å². The zero-order chi connectivity index (χ0) is 20.3. The monoisotopic (exact) mass is 385 g/mol. The van der Waals surface area contributed by atoms with Crippen molar-refractivity contribution in [1.82, 2.24) is 9.97 Å². The zero-order valence-electron chi connectivity index (χ0n) is 15.2. The van der Waals surface area contributed by atoms with E-state index >= 15 is 0 Å². The number of aromatic nitrogens is 2. The van der Waals surface area contributed by atoms with Crippen LogP contribution >= 0.6 is 0 Å². The first-order chi connectivity index (χ1) is 13.4. The molecular weight excluding hydrogens is 368 g/mol. The molecule has 0 radical (unpaired) electrons. The van der Waals surface area contributed by atoms with Gasteiger partial charge < -0.3 is 10.2 Å². The van der Waals surface area contributed by atoms with Gasteiger partial charge in [0.25, 0.3) is 0 Å². The number of benzene rings is 2. The molecule has 1 N–H and O–H groups in total. The number of hydrogen-bond donors (Lipinski definition) is 1. The zero-order valence-corrected chi connectivity index (χ0v) is 15.2. The Bertz CT molecular complexity index is 1030. The number of hydrogen-bond acceptors (Lipinski definition) is 6. The third-order valence-electron chi connectivity index (χ3n) is 4.05. The van der Waals surface area contributed by atoms with Gasteiger partial charge in [-0.05, 0) is 43.7 Å². The normalized spacial score (nSPS) is 10.6. The molecule has 0 bridgehead atoms. The van der Waals surface area contributed by atoms with Gasteiger partial charge in [-0.2, -0.15) is 0 Å². The average Bonchev–Trinajstić information content (AvgIpc) is 2.65. The molecular formula is C19H17F2N5O2. The SMILES string of the molecule is CCN(c1cccc(C)c1)c1ncnc(Nc2ccc(F)cc2F)c1[N+](=O)[O-]. The lowest BCUT2D eigenvalue weighted by molar-refractivity contribution is -0.383. The molecule has 0 atom stereocenters. The maximum atomic E-state index is 14.0. The van der Waals surface area contributed by atoms with Crippen molar-refractivity contribution in [1.29, 1.82) is 0 Å². The fourth-order valence-corrected chi connectivity index (χ4v) is 2.80. The minimum absolute atomic E-state index is 0.0677. The fourth-order valence-electron chi connectivity index (χ4n) is 2.80. The smallest absolute Gasteiger partial charge is 0.332 e. The first kappa shape index (κ1) is 19.2. The number of rotatable bonds is 6. The van der Waals surface area contributed by atoms with E-state index in [-0.39, 0.29) is 17.3 Å². The number of nitrogens with one attached hydrogen (secondary N) is 1. The van der Waals surface area contributed by atoms with Gasteiger partial charge in [0, 0.05) is 18.3 Å². The molecule has 28 heavy (non-hydrogen) atoms. The number of nitrogens with zero attached hydrogens (tertiary/aromatic N) is 4. The molecule has 0 unspecified atom stereocenters. The molecule has 144 valence electrons. The van der Waals surface area contributed by atoms with Crippen LogP contribution in [0.5, 0.6) is 0 Å². The standard InChI is InChI=1S/C19H17F2N5O2/c1-3-25(14-6-4-5-12(2)9-14)19-17(26(27)28)18(22-11-23-19)24-16-8-7-13(20)10-15(16)21/h4-11H,3H2,1-2H3,(H,22,23,24). The van der Waals surface area contributed by atoms with Gasteiger partial charge in [0.05, 0.1) is 10.6 Å². The summed E-state index contributed by atoms with van der Waals surface area (Å²) in [6, 6.07) is 10.3.